The molecule has 2 N–H and O–H groups in total. The number of amides is 2. The summed E-state index contributed by atoms with van der Waals surface area (Å²) in [7, 11) is 0. The minimum absolute atomic E-state index is 0.0794. The first-order chi connectivity index (χ1) is 12.0. The highest BCUT2D eigenvalue weighted by Gasteiger charge is 2.20. The molecule has 0 atom stereocenters. The number of rotatable bonds is 3. The summed E-state index contributed by atoms with van der Waals surface area (Å²) < 4.78 is 19.5. The number of hydrogen-bond acceptors (Lipinski definition) is 4. The number of aryl methyl sites for hydroxylation is 1. The van der Waals surface area contributed by atoms with Crippen LogP contribution in [0, 0.1) is 19.7 Å². The Labute approximate surface area is 142 Å². The van der Waals surface area contributed by atoms with Crippen molar-refractivity contribution >= 4 is 11.8 Å². The average Bonchev–Trinajstić information content (AvgIpc) is 3.22. The highest BCUT2D eigenvalue weighted by atomic mass is 19.1. The maximum absolute atomic E-state index is 13.1. The van der Waals surface area contributed by atoms with Gasteiger partial charge in [-0.1, -0.05) is 0 Å². The summed E-state index contributed by atoms with van der Waals surface area (Å²) >= 11 is 0. The zero-order valence-corrected chi connectivity index (χ0v) is 13.5. The molecule has 0 aliphatic rings. The third-order valence-corrected chi connectivity index (χ3v) is 3.62. The predicted molar refractivity (Wildman–Crippen MR) is 86.6 cm³/mol. The molecule has 128 valence electrons. The molecule has 8 heteroatoms. The van der Waals surface area contributed by atoms with Crippen LogP contribution in [0.2, 0.25) is 0 Å². The minimum Gasteiger partial charge on any atom is -0.459 e. The van der Waals surface area contributed by atoms with Crippen molar-refractivity contribution in [1.29, 1.82) is 0 Å². The molecule has 2 aromatic heterocycles. The van der Waals surface area contributed by atoms with Crippen molar-refractivity contribution in [3.05, 3.63) is 71.2 Å². The van der Waals surface area contributed by atoms with Gasteiger partial charge in [-0.2, -0.15) is 5.10 Å². The molecule has 25 heavy (non-hydrogen) atoms. The van der Waals surface area contributed by atoms with Crippen LogP contribution in [0.4, 0.5) is 4.39 Å². The number of nitrogens with zero attached hydrogens (tertiary/aromatic N) is 2. The van der Waals surface area contributed by atoms with Crippen LogP contribution in [0.15, 0.2) is 47.1 Å². The SMILES string of the molecule is Cc1nn(-c2ccc(F)cc2)c(C)c1C(=O)NNC(=O)c1ccco1. The Balaban J connectivity index is 1.79. The van der Waals surface area contributed by atoms with Gasteiger partial charge in [-0.25, -0.2) is 9.07 Å². The second-order valence-electron chi connectivity index (χ2n) is 5.32. The van der Waals surface area contributed by atoms with Gasteiger partial charge in [-0.3, -0.25) is 20.4 Å². The van der Waals surface area contributed by atoms with Crippen molar-refractivity contribution < 1.29 is 18.4 Å². The molecule has 3 rings (SSSR count). The van der Waals surface area contributed by atoms with E-state index in [0.29, 0.717) is 22.6 Å². The van der Waals surface area contributed by atoms with Gasteiger partial charge in [0.2, 0.25) is 0 Å². The molecular weight excluding hydrogens is 327 g/mol. The van der Waals surface area contributed by atoms with E-state index < -0.39 is 11.8 Å². The Morgan fingerprint density at radius 2 is 1.76 bits per heavy atom. The highest BCUT2D eigenvalue weighted by Crippen LogP contribution is 2.18. The molecule has 2 heterocycles. The molecule has 7 nitrogen and oxygen atoms in total. The van der Waals surface area contributed by atoms with Crippen molar-refractivity contribution in [2.75, 3.05) is 0 Å². The van der Waals surface area contributed by atoms with E-state index in [2.05, 4.69) is 16.0 Å². The van der Waals surface area contributed by atoms with Gasteiger partial charge in [0.15, 0.2) is 5.76 Å². The lowest BCUT2D eigenvalue weighted by atomic mass is 10.2. The number of benzene rings is 1. The van der Waals surface area contributed by atoms with Crippen LogP contribution >= 0.6 is 0 Å². The van der Waals surface area contributed by atoms with Crippen LogP contribution in [0.3, 0.4) is 0 Å². The number of carbonyl (C=O) groups excluding carboxylic acids is 2. The molecule has 0 fully saturated rings. The third kappa shape index (κ3) is 3.27. The lowest BCUT2D eigenvalue weighted by Crippen LogP contribution is -2.41. The largest absolute Gasteiger partial charge is 0.459 e. The number of furan rings is 1. The van der Waals surface area contributed by atoms with E-state index in [1.54, 1.807) is 32.0 Å². The molecule has 3 aromatic rings. The summed E-state index contributed by atoms with van der Waals surface area (Å²) in [6, 6.07) is 8.80. The fraction of sp³-hybridized carbons (Fsp3) is 0.118. The molecule has 1 aromatic carbocycles. The highest BCUT2D eigenvalue weighted by molar-refractivity contribution is 5.99. The van der Waals surface area contributed by atoms with Gasteiger partial charge in [0.05, 0.1) is 28.9 Å². The second kappa shape index (κ2) is 6.60. The summed E-state index contributed by atoms with van der Waals surface area (Å²) in [5, 5.41) is 4.31. The first-order valence-electron chi connectivity index (χ1n) is 7.43. The number of hydrogen-bond donors (Lipinski definition) is 2. The zero-order chi connectivity index (χ0) is 18.0. The van der Waals surface area contributed by atoms with Gasteiger partial charge in [0.1, 0.15) is 5.82 Å². The maximum Gasteiger partial charge on any atom is 0.305 e. The predicted octanol–water partition coefficient (Wildman–Crippen LogP) is 2.30. The number of carbonyl (C=O) groups is 2. The van der Waals surface area contributed by atoms with Crippen molar-refractivity contribution in [3.8, 4) is 5.69 Å². The first kappa shape index (κ1) is 16.4. The maximum atomic E-state index is 13.1. The van der Waals surface area contributed by atoms with E-state index in [1.165, 1.54) is 29.1 Å². The topological polar surface area (TPSA) is 89.2 Å². The summed E-state index contributed by atoms with van der Waals surface area (Å²) in [6.07, 6.45) is 1.36. The van der Waals surface area contributed by atoms with E-state index >= 15 is 0 Å². The fourth-order valence-corrected chi connectivity index (χ4v) is 2.45. The normalized spacial score (nSPS) is 10.5. The summed E-state index contributed by atoms with van der Waals surface area (Å²) in [6.45, 7) is 3.39. The van der Waals surface area contributed by atoms with E-state index in [9.17, 15) is 14.0 Å². The van der Waals surface area contributed by atoms with Gasteiger partial charge >= 0.3 is 5.91 Å². The lowest BCUT2D eigenvalue weighted by Gasteiger charge is -2.07. The van der Waals surface area contributed by atoms with Crippen molar-refractivity contribution in [2.24, 2.45) is 0 Å². The van der Waals surface area contributed by atoms with Crippen LogP contribution < -0.4 is 10.9 Å². The fourth-order valence-electron chi connectivity index (χ4n) is 2.45. The summed E-state index contributed by atoms with van der Waals surface area (Å²) in [4.78, 5) is 24.2. The van der Waals surface area contributed by atoms with Crippen LogP contribution in [0.5, 0.6) is 0 Å². The Hall–Kier alpha value is -3.42. The Bertz CT molecular complexity index is 914. The summed E-state index contributed by atoms with van der Waals surface area (Å²) in [5.74, 6) is -1.36. The Kier molecular flexibility index (Phi) is 4.34. The zero-order valence-electron chi connectivity index (χ0n) is 13.5. The molecule has 0 aliphatic heterocycles. The van der Waals surface area contributed by atoms with Gasteiger partial charge in [-0.05, 0) is 50.2 Å². The van der Waals surface area contributed by atoms with Crippen LogP contribution in [0.25, 0.3) is 5.69 Å². The summed E-state index contributed by atoms with van der Waals surface area (Å²) in [5.41, 5.74) is 6.60. The minimum atomic E-state index is -0.570. The Morgan fingerprint density at radius 3 is 2.40 bits per heavy atom. The van der Waals surface area contributed by atoms with Gasteiger partial charge in [0.25, 0.3) is 5.91 Å². The van der Waals surface area contributed by atoms with Crippen molar-refractivity contribution in [3.63, 3.8) is 0 Å². The number of aromatic nitrogens is 2. The van der Waals surface area contributed by atoms with Crippen molar-refractivity contribution in [2.45, 2.75) is 13.8 Å². The first-order valence-corrected chi connectivity index (χ1v) is 7.43. The van der Waals surface area contributed by atoms with Crippen molar-refractivity contribution in [1.82, 2.24) is 20.6 Å². The number of hydrazine groups is 1. The average molecular weight is 342 g/mol. The molecule has 0 bridgehead atoms. The monoisotopic (exact) mass is 342 g/mol. The van der Waals surface area contributed by atoms with Gasteiger partial charge in [-0.15, -0.1) is 0 Å². The lowest BCUT2D eigenvalue weighted by molar-refractivity contribution is 0.0830. The molecule has 0 saturated heterocycles. The number of halogens is 1. The van der Waals surface area contributed by atoms with Crippen LogP contribution in [0.1, 0.15) is 32.3 Å². The molecule has 0 spiro atoms. The van der Waals surface area contributed by atoms with E-state index in [4.69, 9.17) is 4.42 Å². The number of nitrogens with one attached hydrogen (secondary N) is 2. The molecule has 0 unspecified atom stereocenters. The molecule has 0 radical (unpaired) electrons. The van der Waals surface area contributed by atoms with Gasteiger partial charge < -0.3 is 4.42 Å². The smallest absolute Gasteiger partial charge is 0.305 e. The standard InChI is InChI=1S/C17H15FN4O3/c1-10-15(17(24)20-19-16(23)14-4-3-9-25-14)11(2)22(21-10)13-7-5-12(18)6-8-13/h3-9H,1-2H3,(H,19,23)(H,20,24). The van der Waals surface area contributed by atoms with Crippen LogP contribution in [-0.2, 0) is 0 Å². The van der Waals surface area contributed by atoms with E-state index in [0.717, 1.165) is 0 Å². The molecular formula is C17H15FN4O3. The third-order valence-electron chi connectivity index (χ3n) is 3.62. The van der Waals surface area contributed by atoms with Gasteiger partial charge in [0, 0.05) is 0 Å². The molecule has 0 saturated carbocycles. The van der Waals surface area contributed by atoms with E-state index in [-0.39, 0.29) is 11.6 Å². The van der Waals surface area contributed by atoms with E-state index in [1.807, 2.05) is 0 Å². The molecule has 0 aliphatic carbocycles. The quantitative estimate of drug-likeness (QED) is 0.715. The molecule has 2 amide bonds. The second-order valence-corrected chi connectivity index (χ2v) is 5.32. The van der Waals surface area contributed by atoms with Crippen LogP contribution in [-0.4, -0.2) is 21.6 Å². The Morgan fingerprint density at radius 1 is 1.08 bits per heavy atom.